The fourth-order valence-corrected chi connectivity index (χ4v) is 4.35. The highest BCUT2D eigenvalue weighted by Gasteiger charge is 2.34. The van der Waals surface area contributed by atoms with Crippen LogP contribution in [0.1, 0.15) is 17.0 Å². The largest absolute Gasteiger partial charge is 0.433 e. The van der Waals surface area contributed by atoms with Gasteiger partial charge in [-0.25, -0.2) is 14.8 Å². The molecule has 1 aromatic carbocycles. The number of benzene rings is 1. The minimum atomic E-state index is -4.72. The third-order valence-electron chi connectivity index (χ3n) is 5.00. The summed E-state index contributed by atoms with van der Waals surface area (Å²) in [4.78, 5) is 22.5. The highest BCUT2D eigenvalue weighted by atomic mass is 32.1. The number of carbonyl (C=O) groups excluding carboxylic acids is 1. The number of alkyl halides is 3. The van der Waals surface area contributed by atoms with E-state index in [9.17, 15) is 28.3 Å². The Morgan fingerprint density at radius 1 is 1.21 bits per heavy atom. The van der Waals surface area contributed by atoms with Crippen molar-refractivity contribution < 1.29 is 27.8 Å². The van der Waals surface area contributed by atoms with Crippen LogP contribution in [-0.4, -0.2) is 52.3 Å². The van der Waals surface area contributed by atoms with Crippen molar-refractivity contribution in [2.45, 2.75) is 12.8 Å². The van der Waals surface area contributed by atoms with Crippen LogP contribution in [-0.2, 0) is 17.5 Å². The lowest BCUT2D eigenvalue weighted by atomic mass is 10.0. The second-order valence-electron chi connectivity index (χ2n) is 7.31. The van der Waals surface area contributed by atoms with Crippen LogP contribution in [0.5, 0.6) is 0 Å². The number of ether oxygens (including phenoxy) is 1. The number of morpholine rings is 1. The van der Waals surface area contributed by atoms with Crippen LogP contribution in [0.4, 0.5) is 23.1 Å². The van der Waals surface area contributed by atoms with E-state index in [1.807, 2.05) is 6.07 Å². The van der Waals surface area contributed by atoms with Gasteiger partial charge in [0, 0.05) is 18.7 Å². The molecule has 12 heteroatoms. The van der Waals surface area contributed by atoms with Gasteiger partial charge in [-0.15, -0.1) is 0 Å². The summed E-state index contributed by atoms with van der Waals surface area (Å²) in [5.41, 5.74) is -0.0483. The second kappa shape index (κ2) is 9.76. The molecule has 4 rings (SSSR count). The first-order valence-corrected chi connectivity index (χ1v) is 10.9. The number of aliphatic hydroxyl groups excluding tert-OH is 1. The van der Waals surface area contributed by atoms with Crippen LogP contribution in [0.3, 0.4) is 0 Å². The smallest absolute Gasteiger partial charge is 0.390 e. The quantitative estimate of drug-likeness (QED) is 0.570. The van der Waals surface area contributed by atoms with Gasteiger partial charge in [-0.1, -0.05) is 23.5 Å². The molecule has 3 aromatic rings. The Balaban J connectivity index is 1.80. The summed E-state index contributed by atoms with van der Waals surface area (Å²) in [5, 5.41) is 21.6. The first-order valence-electron chi connectivity index (χ1n) is 10.1. The molecule has 34 heavy (non-hydrogen) atoms. The third kappa shape index (κ3) is 5.17. The third-order valence-corrected chi connectivity index (χ3v) is 6.02. The first kappa shape index (κ1) is 23.6. The maximum absolute atomic E-state index is 13.4. The summed E-state index contributed by atoms with van der Waals surface area (Å²) in [6.07, 6.45) is -4.72. The number of rotatable bonds is 4. The Labute approximate surface area is 196 Å². The summed E-state index contributed by atoms with van der Waals surface area (Å²) in [6, 6.07) is 10.3. The summed E-state index contributed by atoms with van der Waals surface area (Å²) in [6.45, 7) is 0.935. The second-order valence-corrected chi connectivity index (χ2v) is 8.31. The van der Waals surface area contributed by atoms with Crippen molar-refractivity contribution in [3.8, 4) is 27.8 Å². The van der Waals surface area contributed by atoms with Gasteiger partial charge >= 0.3 is 12.2 Å². The number of urea groups is 1. The molecule has 2 N–H and O–H groups in total. The van der Waals surface area contributed by atoms with E-state index in [1.165, 1.54) is 6.07 Å². The summed E-state index contributed by atoms with van der Waals surface area (Å²) < 4.78 is 45.6. The van der Waals surface area contributed by atoms with Crippen LogP contribution in [0.15, 0.2) is 36.4 Å². The Bertz CT molecular complexity index is 1250. The van der Waals surface area contributed by atoms with Crippen LogP contribution in [0.25, 0.3) is 21.7 Å². The number of hydrogen-bond donors (Lipinski definition) is 2. The van der Waals surface area contributed by atoms with Gasteiger partial charge in [0.05, 0.1) is 47.7 Å². The first-order chi connectivity index (χ1) is 16.3. The SMILES string of the molecule is N#Cc1cccc(-c2nc(NC(=O)N3CCOCC3)sc2-c2cc(CO)nc(C(F)(F)F)c2)c1. The number of amides is 2. The van der Waals surface area contributed by atoms with E-state index in [1.54, 1.807) is 29.2 Å². The van der Waals surface area contributed by atoms with E-state index in [0.717, 1.165) is 17.4 Å². The number of hydrogen-bond acceptors (Lipinski definition) is 7. The van der Waals surface area contributed by atoms with Crippen LogP contribution < -0.4 is 5.32 Å². The lowest BCUT2D eigenvalue weighted by molar-refractivity contribution is -0.141. The predicted molar refractivity (Wildman–Crippen MR) is 118 cm³/mol. The molecule has 0 saturated carbocycles. The highest BCUT2D eigenvalue weighted by Crippen LogP contribution is 2.41. The summed E-state index contributed by atoms with van der Waals surface area (Å²) >= 11 is 0.991. The molecule has 0 aliphatic carbocycles. The van der Waals surface area contributed by atoms with E-state index in [4.69, 9.17) is 4.74 Å². The van der Waals surface area contributed by atoms with E-state index >= 15 is 0 Å². The van der Waals surface area contributed by atoms with E-state index in [2.05, 4.69) is 15.3 Å². The number of aliphatic hydroxyl groups is 1. The van der Waals surface area contributed by atoms with Gasteiger partial charge in [0.1, 0.15) is 5.69 Å². The lowest BCUT2D eigenvalue weighted by Gasteiger charge is -2.26. The molecule has 176 valence electrons. The van der Waals surface area contributed by atoms with Gasteiger partial charge in [0.25, 0.3) is 0 Å². The number of aromatic nitrogens is 2. The van der Waals surface area contributed by atoms with Gasteiger partial charge < -0.3 is 14.7 Å². The molecule has 0 atom stereocenters. The predicted octanol–water partition coefficient (Wildman–Crippen LogP) is 4.12. The molecule has 1 fully saturated rings. The molecule has 1 aliphatic rings. The minimum Gasteiger partial charge on any atom is -0.390 e. The van der Waals surface area contributed by atoms with Crippen LogP contribution in [0, 0.1) is 11.3 Å². The van der Waals surface area contributed by atoms with Gasteiger partial charge in [0.15, 0.2) is 5.13 Å². The van der Waals surface area contributed by atoms with E-state index in [0.29, 0.717) is 48.0 Å². The number of halogens is 3. The molecule has 1 saturated heterocycles. The van der Waals surface area contributed by atoms with Gasteiger partial charge in [0.2, 0.25) is 0 Å². The van der Waals surface area contributed by atoms with Crippen LogP contribution in [0.2, 0.25) is 0 Å². The monoisotopic (exact) mass is 489 g/mol. The molecule has 0 unspecified atom stereocenters. The van der Waals surface area contributed by atoms with Crippen molar-refractivity contribution in [3.05, 3.63) is 53.3 Å². The fourth-order valence-electron chi connectivity index (χ4n) is 3.38. The number of nitrogens with zero attached hydrogens (tertiary/aromatic N) is 4. The molecule has 0 spiro atoms. The number of anilines is 1. The summed E-state index contributed by atoms with van der Waals surface area (Å²) in [5.74, 6) is 0. The maximum atomic E-state index is 13.4. The van der Waals surface area contributed by atoms with Crippen molar-refractivity contribution in [3.63, 3.8) is 0 Å². The summed E-state index contributed by atoms with van der Waals surface area (Å²) in [7, 11) is 0. The number of nitrogens with one attached hydrogen (secondary N) is 1. The van der Waals surface area contributed by atoms with Gasteiger partial charge in [-0.3, -0.25) is 5.32 Å². The topological polar surface area (TPSA) is 111 Å². The average Bonchev–Trinajstić information content (AvgIpc) is 3.27. The molecule has 3 heterocycles. The van der Waals surface area contributed by atoms with E-state index in [-0.39, 0.29) is 16.4 Å². The van der Waals surface area contributed by atoms with Crippen molar-refractivity contribution in [1.29, 1.82) is 5.26 Å². The lowest BCUT2D eigenvalue weighted by Crippen LogP contribution is -2.43. The zero-order valence-corrected chi connectivity index (χ0v) is 18.4. The van der Waals surface area contributed by atoms with Crippen molar-refractivity contribution in [2.24, 2.45) is 0 Å². The normalized spacial score (nSPS) is 14.0. The number of pyridine rings is 1. The maximum Gasteiger partial charge on any atom is 0.433 e. The van der Waals surface area contributed by atoms with Gasteiger partial charge in [-0.05, 0) is 29.8 Å². The molecule has 1 aliphatic heterocycles. The molecular formula is C22H18F3N5O3S. The molecule has 2 amide bonds. The van der Waals surface area contributed by atoms with Crippen LogP contribution >= 0.6 is 11.3 Å². The molecule has 8 nitrogen and oxygen atoms in total. The Morgan fingerprint density at radius 3 is 2.65 bits per heavy atom. The van der Waals surface area contributed by atoms with Gasteiger partial charge in [-0.2, -0.15) is 18.4 Å². The number of carbonyl (C=O) groups is 1. The molecular weight excluding hydrogens is 471 g/mol. The van der Waals surface area contributed by atoms with E-state index < -0.39 is 24.5 Å². The Hall–Kier alpha value is -3.53. The highest BCUT2D eigenvalue weighted by molar-refractivity contribution is 7.19. The number of nitriles is 1. The average molecular weight is 489 g/mol. The van der Waals surface area contributed by atoms with Crippen molar-refractivity contribution >= 4 is 22.5 Å². The minimum absolute atomic E-state index is 0.133. The molecule has 2 aromatic heterocycles. The Kier molecular flexibility index (Phi) is 6.78. The van der Waals surface area contributed by atoms with Crippen molar-refractivity contribution in [1.82, 2.24) is 14.9 Å². The molecule has 0 bridgehead atoms. The van der Waals surface area contributed by atoms with Crippen molar-refractivity contribution in [2.75, 3.05) is 31.6 Å². The Morgan fingerprint density at radius 2 is 1.97 bits per heavy atom. The number of thiazole rings is 1. The zero-order chi connectivity index (χ0) is 24.3. The standard InChI is InChI=1S/C22H18F3N5O3S/c23-22(24,25)17-10-15(9-16(12-31)27-17)19-18(14-3-1-2-13(8-14)11-26)28-20(34-19)29-21(32)30-4-6-33-7-5-30/h1-3,8-10,31H,4-7,12H2,(H,28,29,32). The fraction of sp³-hybridized carbons (Fsp3) is 0.273. The molecule has 0 radical (unpaired) electrons. The zero-order valence-electron chi connectivity index (χ0n) is 17.6.